The van der Waals surface area contributed by atoms with Crippen LogP contribution in [0.3, 0.4) is 0 Å². The second kappa shape index (κ2) is 8.19. The highest BCUT2D eigenvalue weighted by Crippen LogP contribution is 2.17. The van der Waals surface area contributed by atoms with Crippen molar-refractivity contribution in [2.75, 3.05) is 19.7 Å². The van der Waals surface area contributed by atoms with Gasteiger partial charge in [0.15, 0.2) is 0 Å². The number of hydrogen-bond donors (Lipinski definition) is 3. The first-order valence-corrected chi connectivity index (χ1v) is 8.40. The number of amides is 1. The number of nitrogens with one attached hydrogen (secondary N) is 1. The maximum absolute atomic E-state index is 12.2. The predicted octanol–water partition coefficient (Wildman–Crippen LogP) is -0.174. The monoisotopic (exact) mass is 345 g/mol. The maximum atomic E-state index is 12.2. The standard InChI is InChI=1S/C17H23N5O3/c23-12-16(24)15-8-14-10-21(6-3-7-22(14)20-15)11-17(25)19-9-13-4-1-2-5-18-13/h1-2,4-5,8,16,23-24H,3,6-7,9-12H2,(H,19,25)/t16-/m1/s1. The summed E-state index contributed by atoms with van der Waals surface area (Å²) in [5, 5.41) is 26.0. The van der Waals surface area contributed by atoms with E-state index in [9.17, 15) is 9.90 Å². The van der Waals surface area contributed by atoms with E-state index < -0.39 is 6.10 Å². The van der Waals surface area contributed by atoms with Crippen molar-refractivity contribution in [1.82, 2.24) is 25.0 Å². The van der Waals surface area contributed by atoms with Gasteiger partial charge < -0.3 is 15.5 Å². The van der Waals surface area contributed by atoms with Crippen LogP contribution in [0, 0.1) is 0 Å². The highest BCUT2D eigenvalue weighted by molar-refractivity contribution is 5.77. The Morgan fingerprint density at radius 3 is 3.00 bits per heavy atom. The molecule has 0 saturated carbocycles. The molecule has 1 amide bonds. The number of carbonyl (C=O) groups excluding carboxylic acids is 1. The Labute approximate surface area is 146 Å². The molecule has 0 aliphatic carbocycles. The molecular formula is C17H23N5O3. The minimum absolute atomic E-state index is 0.0470. The first kappa shape index (κ1) is 17.5. The lowest BCUT2D eigenvalue weighted by atomic mass is 10.2. The fourth-order valence-corrected chi connectivity index (χ4v) is 2.89. The normalized spacial score (nSPS) is 16.1. The number of hydrogen-bond acceptors (Lipinski definition) is 6. The van der Waals surface area contributed by atoms with Crippen LogP contribution >= 0.6 is 0 Å². The summed E-state index contributed by atoms with van der Waals surface area (Å²) in [6, 6.07) is 7.40. The number of aliphatic hydroxyl groups is 2. The molecule has 0 spiro atoms. The fraction of sp³-hybridized carbons (Fsp3) is 0.471. The number of aromatic nitrogens is 3. The zero-order valence-corrected chi connectivity index (χ0v) is 14.0. The molecule has 1 aliphatic heterocycles. The molecule has 0 radical (unpaired) electrons. The number of fused-ring (bicyclic) bond motifs is 1. The molecule has 8 heteroatoms. The molecule has 1 aliphatic rings. The Hall–Kier alpha value is -2.29. The molecule has 0 fully saturated rings. The minimum atomic E-state index is -0.963. The molecule has 1 atom stereocenters. The van der Waals surface area contributed by atoms with Crippen LogP contribution in [0.2, 0.25) is 0 Å². The molecule has 8 nitrogen and oxygen atoms in total. The van der Waals surface area contributed by atoms with E-state index in [1.54, 1.807) is 12.3 Å². The second-order valence-electron chi connectivity index (χ2n) is 6.14. The van der Waals surface area contributed by atoms with E-state index in [4.69, 9.17) is 5.11 Å². The van der Waals surface area contributed by atoms with Gasteiger partial charge in [-0.3, -0.25) is 19.4 Å². The number of rotatable bonds is 6. The smallest absolute Gasteiger partial charge is 0.234 e. The van der Waals surface area contributed by atoms with E-state index in [1.807, 2.05) is 22.9 Å². The van der Waals surface area contributed by atoms with Gasteiger partial charge in [0.05, 0.1) is 36.8 Å². The van der Waals surface area contributed by atoms with E-state index in [1.165, 1.54) is 0 Å². The van der Waals surface area contributed by atoms with Crippen LogP contribution in [-0.4, -0.2) is 55.5 Å². The molecule has 2 aromatic heterocycles. The van der Waals surface area contributed by atoms with Gasteiger partial charge in [0.1, 0.15) is 6.10 Å². The van der Waals surface area contributed by atoms with E-state index in [2.05, 4.69) is 20.3 Å². The molecule has 2 aromatic rings. The number of carbonyl (C=O) groups is 1. The number of nitrogens with zero attached hydrogens (tertiary/aromatic N) is 4. The molecule has 3 N–H and O–H groups in total. The lowest BCUT2D eigenvalue weighted by Crippen LogP contribution is -2.36. The third kappa shape index (κ3) is 4.62. The van der Waals surface area contributed by atoms with Crippen LogP contribution in [0.25, 0.3) is 0 Å². The first-order chi connectivity index (χ1) is 12.2. The predicted molar refractivity (Wildman–Crippen MR) is 90.3 cm³/mol. The van der Waals surface area contributed by atoms with Crippen LogP contribution in [0.5, 0.6) is 0 Å². The molecule has 3 heterocycles. The number of aliphatic hydroxyl groups excluding tert-OH is 2. The van der Waals surface area contributed by atoms with Crippen molar-refractivity contribution >= 4 is 5.91 Å². The van der Waals surface area contributed by atoms with Crippen LogP contribution < -0.4 is 5.32 Å². The van der Waals surface area contributed by atoms with Crippen molar-refractivity contribution in [3.05, 3.63) is 47.5 Å². The zero-order chi connectivity index (χ0) is 17.6. The second-order valence-corrected chi connectivity index (χ2v) is 6.14. The van der Waals surface area contributed by atoms with Gasteiger partial charge in [-0.05, 0) is 24.6 Å². The lowest BCUT2D eigenvalue weighted by molar-refractivity contribution is -0.122. The molecule has 0 bridgehead atoms. The van der Waals surface area contributed by atoms with Gasteiger partial charge in [0.2, 0.25) is 5.91 Å². The van der Waals surface area contributed by atoms with Crippen LogP contribution in [0.4, 0.5) is 0 Å². The summed E-state index contributed by atoms with van der Waals surface area (Å²) < 4.78 is 1.85. The van der Waals surface area contributed by atoms with Gasteiger partial charge >= 0.3 is 0 Å². The Kier molecular flexibility index (Phi) is 5.75. The van der Waals surface area contributed by atoms with E-state index in [0.29, 0.717) is 25.3 Å². The van der Waals surface area contributed by atoms with Crippen molar-refractivity contribution in [3.8, 4) is 0 Å². The highest BCUT2D eigenvalue weighted by Gasteiger charge is 2.20. The lowest BCUT2D eigenvalue weighted by Gasteiger charge is -2.18. The Morgan fingerprint density at radius 2 is 2.24 bits per heavy atom. The van der Waals surface area contributed by atoms with E-state index in [0.717, 1.165) is 30.9 Å². The van der Waals surface area contributed by atoms with Crippen molar-refractivity contribution < 1.29 is 15.0 Å². The van der Waals surface area contributed by atoms with Gasteiger partial charge in [-0.2, -0.15) is 5.10 Å². The highest BCUT2D eigenvalue weighted by atomic mass is 16.3. The summed E-state index contributed by atoms with van der Waals surface area (Å²) in [5.41, 5.74) is 2.24. The van der Waals surface area contributed by atoms with Crippen molar-refractivity contribution in [3.63, 3.8) is 0 Å². The summed E-state index contributed by atoms with van der Waals surface area (Å²) in [7, 11) is 0. The van der Waals surface area contributed by atoms with Crippen LogP contribution in [0.15, 0.2) is 30.5 Å². The first-order valence-electron chi connectivity index (χ1n) is 8.40. The SMILES string of the molecule is O=C(CN1CCCn2nc([C@H](O)CO)cc2C1)NCc1ccccn1. The molecule has 134 valence electrons. The molecule has 3 rings (SSSR count). The third-order valence-electron chi connectivity index (χ3n) is 4.19. The van der Waals surface area contributed by atoms with Crippen molar-refractivity contribution in [2.45, 2.75) is 32.2 Å². The van der Waals surface area contributed by atoms with Crippen LogP contribution in [0.1, 0.15) is 29.6 Å². The summed E-state index contributed by atoms with van der Waals surface area (Å²) >= 11 is 0. The van der Waals surface area contributed by atoms with E-state index in [-0.39, 0.29) is 12.5 Å². The minimum Gasteiger partial charge on any atom is -0.393 e. The fourth-order valence-electron chi connectivity index (χ4n) is 2.89. The van der Waals surface area contributed by atoms with Crippen molar-refractivity contribution in [1.29, 1.82) is 0 Å². The van der Waals surface area contributed by atoms with E-state index >= 15 is 0 Å². The van der Waals surface area contributed by atoms with Gasteiger partial charge in [0.25, 0.3) is 0 Å². The third-order valence-corrected chi connectivity index (χ3v) is 4.19. The Morgan fingerprint density at radius 1 is 1.36 bits per heavy atom. The van der Waals surface area contributed by atoms with Crippen molar-refractivity contribution in [2.24, 2.45) is 0 Å². The Bertz CT molecular complexity index is 704. The summed E-state index contributed by atoms with van der Waals surface area (Å²) in [4.78, 5) is 18.4. The zero-order valence-electron chi connectivity index (χ0n) is 14.0. The molecular weight excluding hydrogens is 322 g/mol. The molecule has 0 unspecified atom stereocenters. The number of aryl methyl sites for hydroxylation is 1. The maximum Gasteiger partial charge on any atom is 0.234 e. The average Bonchev–Trinajstić information content (AvgIpc) is 2.93. The molecule has 0 saturated heterocycles. The van der Waals surface area contributed by atoms with Gasteiger partial charge in [-0.1, -0.05) is 6.07 Å². The summed E-state index contributed by atoms with van der Waals surface area (Å²) in [5.74, 6) is -0.0470. The molecule has 25 heavy (non-hydrogen) atoms. The topological polar surface area (TPSA) is 104 Å². The average molecular weight is 345 g/mol. The molecule has 0 aromatic carbocycles. The van der Waals surface area contributed by atoms with Crippen LogP contribution in [-0.2, 0) is 24.4 Å². The van der Waals surface area contributed by atoms with Gasteiger partial charge in [-0.15, -0.1) is 0 Å². The quantitative estimate of drug-likeness (QED) is 0.671. The van der Waals surface area contributed by atoms with Gasteiger partial charge in [-0.25, -0.2) is 0 Å². The number of pyridine rings is 1. The summed E-state index contributed by atoms with van der Waals surface area (Å²) in [6.45, 7) is 2.49. The summed E-state index contributed by atoms with van der Waals surface area (Å²) in [6.07, 6.45) is 1.61. The Balaban J connectivity index is 1.56. The van der Waals surface area contributed by atoms with Gasteiger partial charge in [0, 0.05) is 25.8 Å². The largest absolute Gasteiger partial charge is 0.393 e.